The van der Waals surface area contributed by atoms with Crippen molar-refractivity contribution in [2.45, 2.75) is 39.2 Å². The Bertz CT molecular complexity index is 817. The third-order valence-corrected chi connectivity index (χ3v) is 5.61. The summed E-state index contributed by atoms with van der Waals surface area (Å²) in [4.78, 5) is 7.24. The van der Waals surface area contributed by atoms with Crippen LogP contribution in [0.4, 0.5) is 5.69 Å². The fraction of sp³-hybridized carbons (Fsp3) is 0.579. The minimum absolute atomic E-state index is 0.142. The first-order chi connectivity index (χ1) is 12.7. The van der Waals surface area contributed by atoms with Crippen molar-refractivity contribution < 1.29 is 9.94 Å². The summed E-state index contributed by atoms with van der Waals surface area (Å²) in [6.45, 7) is 6.60. The topological polar surface area (TPSA) is 88.9 Å². The number of nitrogens with two attached hydrogens (primary N) is 1. The lowest BCUT2D eigenvalue weighted by atomic mass is 10.0. The number of rotatable bonds is 4. The van der Waals surface area contributed by atoms with Gasteiger partial charge < -0.3 is 25.1 Å². The van der Waals surface area contributed by atoms with E-state index in [1.807, 2.05) is 12.1 Å². The van der Waals surface area contributed by atoms with Crippen LogP contribution in [0.25, 0.3) is 11.0 Å². The number of aryl methyl sites for hydroxylation is 1. The molecule has 7 nitrogen and oxygen atoms in total. The monoisotopic (exact) mass is 357 g/mol. The van der Waals surface area contributed by atoms with Gasteiger partial charge in [-0.3, -0.25) is 0 Å². The Morgan fingerprint density at radius 2 is 2.15 bits per heavy atom. The van der Waals surface area contributed by atoms with Crippen LogP contribution in [0, 0.1) is 12.8 Å². The fourth-order valence-corrected chi connectivity index (χ4v) is 4.21. The van der Waals surface area contributed by atoms with Crippen LogP contribution in [0.2, 0.25) is 0 Å². The summed E-state index contributed by atoms with van der Waals surface area (Å²) in [6.07, 6.45) is 4.66. The van der Waals surface area contributed by atoms with E-state index in [4.69, 9.17) is 15.5 Å². The molecule has 0 bridgehead atoms. The number of oxime groups is 1. The Morgan fingerprint density at radius 3 is 2.85 bits per heavy atom. The number of imidazole rings is 1. The van der Waals surface area contributed by atoms with Crippen molar-refractivity contribution in [2.24, 2.45) is 16.8 Å². The summed E-state index contributed by atoms with van der Waals surface area (Å²) in [5, 5.41) is 12.5. The molecule has 2 aromatic rings. The molecule has 140 valence electrons. The first kappa shape index (κ1) is 17.1. The molecule has 2 saturated heterocycles. The molecule has 0 radical (unpaired) electrons. The number of piperidine rings is 1. The van der Waals surface area contributed by atoms with Crippen LogP contribution in [0.15, 0.2) is 17.3 Å². The van der Waals surface area contributed by atoms with Gasteiger partial charge in [0.25, 0.3) is 0 Å². The van der Waals surface area contributed by atoms with Gasteiger partial charge in [-0.1, -0.05) is 5.16 Å². The number of amidine groups is 1. The summed E-state index contributed by atoms with van der Waals surface area (Å²) in [5.74, 6) is 1.68. The number of aromatic nitrogens is 2. The van der Waals surface area contributed by atoms with Gasteiger partial charge in [-0.15, -0.1) is 0 Å². The number of fused-ring (bicyclic) bond motifs is 1. The second-order valence-electron chi connectivity index (χ2n) is 7.36. The van der Waals surface area contributed by atoms with E-state index in [1.165, 1.54) is 6.42 Å². The average molecular weight is 357 g/mol. The molecule has 26 heavy (non-hydrogen) atoms. The lowest BCUT2D eigenvalue weighted by molar-refractivity contribution is 0.182. The highest BCUT2D eigenvalue weighted by Gasteiger charge is 2.24. The van der Waals surface area contributed by atoms with Crippen molar-refractivity contribution in [3.8, 4) is 0 Å². The highest BCUT2D eigenvalue weighted by Crippen LogP contribution is 2.33. The van der Waals surface area contributed by atoms with Crippen LogP contribution in [0.5, 0.6) is 0 Å². The first-order valence-electron chi connectivity index (χ1n) is 9.49. The maximum Gasteiger partial charge on any atom is 0.172 e. The summed E-state index contributed by atoms with van der Waals surface area (Å²) >= 11 is 0. The van der Waals surface area contributed by atoms with E-state index in [-0.39, 0.29) is 5.84 Å². The van der Waals surface area contributed by atoms with Crippen molar-refractivity contribution >= 4 is 22.6 Å². The molecule has 0 amide bonds. The molecular weight excluding hydrogens is 330 g/mol. The lowest BCUT2D eigenvalue weighted by Gasteiger charge is -2.30. The number of hydrogen-bond donors (Lipinski definition) is 2. The molecule has 2 aliphatic heterocycles. The third kappa shape index (κ3) is 3.00. The van der Waals surface area contributed by atoms with Crippen molar-refractivity contribution in [1.82, 2.24) is 9.55 Å². The Kier molecular flexibility index (Phi) is 4.72. The average Bonchev–Trinajstić information content (AvgIpc) is 3.29. The fourth-order valence-electron chi connectivity index (χ4n) is 4.21. The van der Waals surface area contributed by atoms with Gasteiger partial charge in [-0.2, -0.15) is 0 Å². The molecule has 1 aromatic carbocycles. The van der Waals surface area contributed by atoms with Gasteiger partial charge in [-0.25, -0.2) is 4.98 Å². The molecular formula is C19H27N5O2. The van der Waals surface area contributed by atoms with E-state index >= 15 is 0 Å². The van der Waals surface area contributed by atoms with Gasteiger partial charge in [0.2, 0.25) is 0 Å². The zero-order valence-electron chi connectivity index (χ0n) is 15.3. The number of ether oxygens (including phenoxy) is 1. The van der Waals surface area contributed by atoms with Crippen molar-refractivity contribution in [3.05, 3.63) is 23.5 Å². The number of anilines is 1. The third-order valence-electron chi connectivity index (χ3n) is 5.61. The van der Waals surface area contributed by atoms with E-state index in [0.717, 1.165) is 80.2 Å². The number of benzene rings is 1. The van der Waals surface area contributed by atoms with Gasteiger partial charge in [0, 0.05) is 37.7 Å². The van der Waals surface area contributed by atoms with Gasteiger partial charge in [0.1, 0.15) is 11.3 Å². The highest BCUT2D eigenvalue weighted by atomic mass is 16.5. The Balaban J connectivity index is 1.83. The van der Waals surface area contributed by atoms with Crippen LogP contribution in [0.3, 0.4) is 0 Å². The van der Waals surface area contributed by atoms with E-state index in [2.05, 4.69) is 21.5 Å². The van der Waals surface area contributed by atoms with Gasteiger partial charge >= 0.3 is 0 Å². The molecule has 0 aliphatic carbocycles. The molecule has 3 N–H and O–H groups in total. The molecule has 1 atom stereocenters. The maximum absolute atomic E-state index is 9.24. The minimum Gasteiger partial charge on any atom is -0.409 e. The predicted octanol–water partition coefficient (Wildman–Crippen LogP) is 2.47. The zero-order chi connectivity index (χ0) is 18.1. The number of hydrogen-bond acceptors (Lipinski definition) is 5. The Morgan fingerprint density at radius 1 is 1.35 bits per heavy atom. The standard InChI is InChI=1S/C19H27N5O2/c1-13-21-17-16(24(13)11-14-7-10-26-12-14)6-5-15(19(20)22-25)18(17)23-8-3-2-4-9-23/h5-6,14,25H,2-4,7-12H2,1H3,(H2,20,22). The quantitative estimate of drug-likeness (QED) is 0.380. The molecule has 2 fully saturated rings. The summed E-state index contributed by atoms with van der Waals surface area (Å²) in [6, 6.07) is 4.01. The van der Waals surface area contributed by atoms with E-state index < -0.39 is 0 Å². The zero-order valence-corrected chi connectivity index (χ0v) is 15.3. The summed E-state index contributed by atoms with van der Waals surface area (Å²) in [7, 11) is 0. The largest absolute Gasteiger partial charge is 0.409 e. The number of nitrogens with zero attached hydrogens (tertiary/aromatic N) is 4. The predicted molar refractivity (Wildman–Crippen MR) is 102 cm³/mol. The van der Waals surface area contributed by atoms with Crippen LogP contribution < -0.4 is 10.6 Å². The molecule has 2 aliphatic rings. The Hall–Kier alpha value is -2.28. The Labute approximate surface area is 153 Å². The van der Waals surface area contributed by atoms with E-state index in [0.29, 0.717) is 5.92 Å². The molecule has 7 heteroatoms. The molecule has 0 saturated carbocycles. The molecule has 1 unspecified atom stereocenters. The van der Waals surface area contributed by atoms with Crippen molar-refractivity contribution in [3.63, 3.8) is 0 Å². The van der Waals surface area contributed by atoms with Crippen molar-refractivity contribution in [2.75, 3.05) is 31.2 Å². The highest BCUT2D eigenvalue weighted by molar-refractivity contribution is 6.08. The van der Waals surface area contributed by atoms with Crippen LogP contribution in [-0.2, 0) is 11.3 Å². The lowest BCUT2D eigenvalue weighted by Crippen LogP contribution is -2.32. The first-order valence-corrected chi connectivity index (χ1v) is 9.49. The van der Waals surface area contributed by atoms with Crippen LogP contribution >= 0.6 is 0 Å². The second kappa shape index (κ2) is 7.15. The normalized spacial score (nSPS) is 21.7. The minimum atomic E-state index is 0.142. The molecule has 4 rings (SSSR count). The SMILES string of the molecule is Cc1nc2c(N3CCCCC3)c(C(N)=NO)ccc2n1CC1CCOC1. The summed E-state index contributed by atoms with van der Waals surface area (Å²) < 4.78 is 7.83. The molecule has 0 spiro atoms. The van der Waals surface area contributed by atoms with E-state index in [1.54, 1.807) is 0 Å². The van der Waals surface area contributed by atoms with Gasteiger partial charge in [0.15, 0.2) is 5.84 Å². The van der Waals surface area contributed by atoms with Crippen LogP contribution in [0.1, 0.15) is 37.1 Å². The van der Waals surface area contributed by atoms with Crippen LogP contribution in [-0.4, -0.2) is 46.9 Å². The van der Waals surface area contributed by atoms with Gasteiger partial charge in [0.05, 0.1) is 17.8 Å². The molecule has 3 heterocycles. The van der Waals surface area contributed by atoms with Crippen molar-refractivity contribution in [1.29, 1.82) is 0 Å². The maximum atomic E-state index is 9.24. The summed E-state index contributed by atoms with van der Waals surface area (Å²) in [5.41, 5.74) is 9.82. The van der Waals surface area contributed by atoms with Gasteiger partial charge in [-0.05, 0) is 44.7 Å². The molecule has 1 aromatic heterocycles. The van der Waals surface area contributed by atoms with E-state index in [9.17, 15) is 5.21 Å². The smallest absolute Gasteiger partial charge is 0.172 e. The second-order valence-corrected chi connectivity index (χ2v) is 7.36.